The van der Waals surface area contributed by atoms with E-state index in [4.69, 9.17) is 0 Å². The fraction of sp³-hybridized carbons (Fsp3) is 0.316. The molecule has 1 aliphatic carbocycles. The molecule has 1 aliphatic rings. The van der Waals surface area contributed by atoms with E-state index in [0.717, 1.165) is 30.4 Å². The van der Waals surface area contributed by atoms with Gasteiger partial charge < -0.3 is 5.32 Å². The van der Waals surface area contributed by atoms with E-state index < -0.39 is 10.0 Å². The number of rotatable bonds is 4. The molecule has 0 saturated carbocycles. The summed E-state index contributed by atoms with van der Waals surface area (Å²) in [4.78, 5) is 12.9. The second-order valence-corrected chi connectivity index (χ2v) is 8.19. The topological polar surface area (TPSA) is 75.3 Å². The molecular formula is C19H22N2O3S. The lowest BCUT2D eigenvalue weighted by molar-refractivity contribution is 0.0932. The number of hydrogen-bond acceptors (Lipinski definition) is 3. The van der Waals surface area contributed by atoms with E-state index in [2.05, 4.69) is 16.1 Å². The van der Waals surface area contributed by atoms with Crippen molar-refractivity contribution in [3.8, 4) is 0 Å². The molecule has 6 heteroatoms. The molecule has 25 heavy (non-hydrogen) atoms. The fourth-order valence-corrected chi connectivity index (χ4v) is 4.03. The number of sulfonamides is 1. The van der Waals surface area contributed by atoms with Gasteiger partial charge in [0.1, 0.15) is 0 Å². The van der Waals surface area contributed by atoms with Crippen LogP contribution in [0.25, 0.3) is 0 Å². The van der Waals surface area contributed by atoms with E-state index in [-0.39, 0.29) is 16.8 Å². The number of fused-ring (bicyclic) bond motifs is 1. The SMILES string of the molecule is CNS(=O)(=O)c1ccc(C)c(C(=O)NC2CCCc3ccccc32)c1. The van der Waals surface area contributed by atoms with Crippen LogP contribution in [0, 0.1) is 6.92 Å². The van der Waals surface area contributed by atoms with Gasteiger partial charge in [-0.05, 0) is 62.1 Å². The Morgan fingerprint density at radius 2 is 1.92 bits per heavy atom. The van der Waals surface area contributed by atoms with E-state index in [1.807, 2.05) is 18.2 Å². The summed E-state index contributed by atoms with van der Waals surface area (Å²) in [5.41, 5.74) is 3.55. The second kappa shape index (κ2) is 6.98. The highest BCUT2D eigenvalue weighted by molar-refractivity contribution is 7.89. The number of hydrogen-bond donors (Lipinski definition) is 2. The van der Waals surface area contributed by atoms with E-state index in [0.29, 0.717) is 5.56 Å². The van der Waals surface area contributed by atoms with Crippen LogP contribution in [0.3, 0.4) is 0 Å². The quantitative estimate of drug-likeness (QED) is 0.882. The van der Waals surface area contributed by atoms with Gasteiger partial charge in [0.15, 0.2) is 0 Å². The van der Waals surface area contributed by atoms with Crippen LogP contribution in [0.15, 0.2) is 47.4 Å². The molecule has 0 fully saturated rings. The third-order valence-corrected chi connectivity index (χ3v) is 6.12. The monoisotopic (exact) mass is 358 g/mol. The van der Waals surface area contributed by atoms with Gasteiger partial charge in [-0.25, -0.2) is 13.1 Å². The first-order chi connectivity index (χ1) is 11.9. The molecule has 3 rings (SSSR count). The summed E-state index contributed by atoms with van der Waals surface area (Å²) in [6.07, 6.45) is 2.93. The van der Waals surface area contributed by atoms with Crippen molar-refractivity contribution >= 4 is 15.9 Å². The average molecular weight is 358 g/mol. The van der Waals surface area contributed by atoms with Crippen molar-refractivity contribution < 1.29 is 13.2 Å². The van der Waals surface area contributed by atoms with E-state index >= 15 is 0 Å². The standard InChI is InChI=1S/C19H22N2O3S/c1-13-10-11-15(25(23,24)20-2)12-17(13)19(22)21-18-9-5-7-14-6-3-4-8-16(14)18/h3-4,6,8,10-12,18,20H,5,7,9H2,1-2H3,(H,21,22). The van der Waals surface area contributed by atoms with Gasteiger partial charge >= 0.3 is 0 Å². The van der Waals surface area contributed by atoms with Crippen LogP contribution >= 0.6 is 0 Å². The molecule has 2 aromatic rings. The Labute approximate surface area is 148 Å². The van der Waals surface area contributed by atoms with Gasteiger partial charge in [-0.15, -0.1) is 0 Å². The lowest BCUT2D eigenvalue weighted by Gasteiger charge is -2.26. The minimum atomic E-state index is -3.58. The Morgan fingerprint density at radius 3 is 2.68 bits per heavy atom. The van der Waals surface area contributed by atoms with Crippen LogP contribution in [0.5, 0.6) is 0 Å². The number of carbonyl (C=O) groups is 1. The molecule has 0 aromatic heterocycles. The van der Waals surface area contributed by atoms with Crippen molar-refractivity contribution in [2.45, 2.75) is 37.1 Å². The van der Waals surface area contributed by atoms with Crippen LogP contribution in [-0.2, 0) is 16.4 Å². The molecule has 0 saturated heterocycles. The van der Waals surface area contributed by atoms with Crippen LogP contribution in [-0.4, -0.2) is 21.4 Å². The molecule has 2 N–H and O–H groups in total. The summed E-state index contributed by atoms with van der Waals surface area (Å²) in [6, 6.07) is 12.7. The highest BCUT2D eigenvalue weighted by Gasteiger charge is 2.23. The first-order valence-corrected chi connectivity index (χ1v) is 9.83. The molecule has 132 valence electrons. The van der Waals surface area contributed by atoms with Crippen molar-refractivity contribution in [1.29, 1.82) is 0 Å². The van der Waals surface area contributed by atoms with E-state index in [1.165, 1.54) is 24.7 Å². The maximum atomic E-state index is 12.8. The Kier molecular flexibility index (Phi) is 4.92. The van der Waals surface area contributed by atoms with Crippen molar-refractivity contribution in [3.05, 3.63) is 64.7 Å². The molecule has 1 atom stereocenters. The predicted molar refractivity (Wildman–Crippen MR) is 97.0 cm³/mol. The first-order valence-electron chi connectivity index (χ1n) is 8.35. The Hall–Kier alpha value is -2.18. The van der Waals surface area contributed by atoms with Crippen molar-refractivity contribution in [2.75, 3.05) is 7.05 Å². The first kappa shape index (κ1) is 17.6. The van der Waals surface area contributed by atoms with Gasteiger partial charge in [0.25, 0.3) is 5.91 Å². The van der Waals surface area contributed by atoms with Crippen molar-refractivity contribution in [1.82, 2.24) is 10.0 Å². The number of nitrogens with one attached hydrogen (secondary N) is 2. The Bertz CT molecular complexity index is 907. The van der Waals surface area contributed by atoms with Gasteiger partial charge in [-0.1, -0.05) is 30.3 Å². The van der Waals surface area contributed by atoms with Gasteiger partial charge in [0.05, 0.1) is 10.9 Å². The molecule has 0 bridgehead atoms. The largest absolute Gasteiger partial charge is 0.345 e. The summed E-state index contributed by atoms with van der Waals surface area (Å²) < 4.78 is 26.3. The zero-order valence-electron chi connectivity index (χ0n) is 14.4. The summed E-state index contributed by atoms with van der Waals surface area (Å²) >= 11 is 0. The van der Waals surface area contributed by atoms with Crippen LogP contribution in [0.4, 0.5) is 0 Å². The van der Waals surface area contributed by atoms with E-state index in [1.54, 1.807) is 13.0 Å². The fourth-order valence-electron chi connectivity index (χ4n) is 3.27. The molecule has 5 nitrogen and oxygen atoms in total. The third kappa shape index (κ3) is 3.60. The van der Waals surface area contributed by atoms with Gasteiger partial charge in [-0.2, -0.15) is 0 Å². The zero-order chi connectivity index (χ0) is 18.0. The van der Waals surface area contributed by atoms with Crippen molar-refractivity contribution in [3.63, 3.8) is 0 Å². The van der Waals surface area contributed by atoms with Crippen molar-refractivity contribution in [2.24, 2.45) is 0 Å². The van der Waals surface area contributed by atoms with Gasteiger partial charge in [0.2, 0.25) is 10.0 Å². The maximum Gasteiger partial charge on any atom is 0.252 e. The minimum absolute atomic E-state index is 0.0404. The smallest absolute Gasteiger partial charge is 0.252 e. The molecule has 0 spiro atoms. The molecule has 1 unspecified atom stereocenters. The number of amides is 1. The molecule has 0 aliphatic heterocycles. The van der Waals surface area contributed by atoms with Crippen LogP contribution in [0.1, 0.15) is 45.9 Å². The van der Waals surface area contributed by atoms with Crippen LogP contribution < -0.4 is 10.0 Å². The number of carbonyl (C=O) groups excluding carboxylic acids is 1. The highest BCUT2D eigenvalue weighted by Crippen LogP contribution is 2.30. The van der Waals surface area contributed by atoms with Gasteiger partial charge in [0, 0.05) is 5.56 Å². The van der Waals surface area contributed by atoms with E-state index in [9.17, 15) is 13.2 Å². The lowest BCUT2D eigenvalue weighted by Crippen LogP contribution is -2.31. The summed E-state index contributed by atoms with van der Waals surface area (Å²) in [7, 11) is -2.23. The summed E-state index contributed by atoms with van der Waals surface area (Å²) in [5.74, 6) is -0.243. The zero-order valence-corrected chi connectivity index (χ0v) is 15.2. The second-order valence-electron chi connectivity index (χ2n) is 6.30. The third-order valence-electron chi connectivity index (χ3n) is 4.71. The Morgan fingerprint density at radius 1 is 1.16 bits per heavy atom. The summed E-state index contributed by atoms with van der Waals surface area (Å²) in [6.45, 7) is 1.81. The number of benzene rings is 2. The molecule has 2 aromatic carbocycles. The lowest BCUT2D eigenvalue weighted by atomic mass is 9.87. The minimum Gasteiger partial charge on any atom is -0.345 e. The molecular weight excluding hydrogens is 336 g/mol. The predicted octanol–water partition coefficient (Wildman–Crippen LogP) is 2.71. The highest BCUT2D eigenvalue weighted by atomic mass is 32.2. The van der Waals surface area contributed by atoms with Gasteiger partial charge in [-0.3, -0.25) is 4.79 Å². The van der Waals surface area contributed by atoms with Crippen LogP contribution in [0.2, 0.25) is 0 Å². The molecule has 0 radical (unpaired) electrons. The molecule has 1 amide bonds. The summed E-state index contributed by atoms with van der Waals surface area (Å²) in [5, 5.41) is 3.07. The average Bonchev–Trinajstić information content (AvgIpc) is 2.62. The normalized spacial score (nSPS) is 17.0. The molecule has 0 heterocycles. The number of aryl methyl sites for hydroxylation is 2. The Balaban J connectivity index is 1.89. The maximum absolute atomic E-state index is 12.8.